The molecule has 1 saturated carbocycles. The third-order valence-electron chi connectivity index (χ3n) is 5.69. The molecule has 1 aliphatic heterocycles. The smallest absolute Gasteiger partial charge is 0.310 e. The summed E-state index contributed by atoms with van der Waals surface area (Å²) < 4.78 is 4.96. The predicted molar refractivity (Wildman–Crippen MR) is 104 cm³/mol. The van der Waals surface area contributed by atoms with Gasteiger partial charge in [-0.05, 0) is 43.1 Å². The van der Waals surface area contributed by atoms with Gasteiger partial charge in [0.05, 0.1) is 13.0 Å². The van der Waals surface area contributed by atoms with Crippen LogP contribution in [0.5, 0.6) is 0 Å². The van der Waals surface area contributed by atoms with Gasteiger partial charge in [-0.1, -0.05) is 37.3 Å². The van der Waals surface area contributed by atoms with Crippen molar-refractivity contribution in [2.45, 2.75) is 33.1 Å². The standard InChI is InChI=1S/C21H31N3O2/c1-4-22-20(24-13-16(2)18(14-24)19(25)26-3)23-15-21(10-11-21)12-17-8-6-5-7-9-17/h5-9,16,18H,4,10-15H2,1-3H3,(H,22,23). The average molecular weight is 357 g/mol. The lowest BCUT2D eigenvalue weighted by atomic mass is 9.97. The first kappa shape index (κ1) is 18.7. The van der Waals surface area contributed by atoms with E-state index in [0.29, 0.717) is 12.0 Å². The molecule has 0 bridgehead atoms. The van der Waals surface area contributed by atoms with Gasteiger partial charge in [-0.15, -0.1) is 0 Å². The molecule has 1 saturated heterocycles. The molecule has 2 aliphatic rings. The number of methoxy groups -OCH3 is 1. The average Bonchev–Trinajstić information content (AvgIpc) is 3.30. The zero-order valence-corrected chi connectivity index (χ0v) is 16.2. The molecule has 2 atom stereocenters. The van der Waals surface area contributed by atoms with Gasteiger partial charge in [0.1, 0.15) is 0 Å². The lowest BCUT2D eigenvalue weighted by molar-refractivity contribution is -0.145. The summed E-state index contributed by atoms with van der Waals surface area (Å²) in [4.78, 5) is 19.1. The van der Waals surface area contributed by atoms with Crippen LogP contribution in [-0.2, 0) is 16.0 Å². The van der Waals surface area contributed by atoms with E-state index in [4.69, 9.17) is 9.73 Å². The van der Waals surface area contributed by atoms with Gasteiger partial charge in [-0.2, -0.15) is 0 Å². The van der Waals surface area contributed by atoms with Crippen LogP contribution in [0.3, 0.4) is 0 Å². The van der Waals surface area contributed by atoms with Crippen LogP contribution in [0.4, 0.5) is 0 Å². The molecular weight excluding hydrogens is 326 g/mol. The normalized spacial score (nSPS) is 24.4. The lowest BCUT2D eigenvalue weighted by Crippen LogP contribution is -2.41. The number of likely N-dealkylation sites (tertiary alicyclic amines) is 1. The highest BCUT2D eigenvalue weighted by Gasteiger charge is 2.43. The number of hydrogen-bond donors (Lipinski definition) is 1. The molecule has 142 valence electrons. The van der Waals surface area contributed by atoms with Crippen molar-refractivity contribution in [3.8, 4) is 0 Å². The molecule has 5 nitrogen and oxygen atoms in total. The van der Waals surface area contributed by atoms with E-state index in [1.54, 1.807) is 0 Å². The van der Waals surface area contributed by atoms with Gasteiger partial charge in [0.25, 0.3) is 0 Å². The van der Waals surface area contributed by atoms with Gasteiger partial charge >= 0.3 is 5.97 Å². The zero-order chi connectivity index (χ0) is 18.6. The number of carbonyl (C=O) groups excluding carboxylic acids is 1. The maximum Gasteiger partial charge on any atom is 0.310 e. The number of guanidine groups is 1. The quantitative estimate of drug-likeness (QED) is 0.483. The molecule has 2 fully saturated rings. The monoisotopic (exact) mass is 357 g/mol. The highest BCUT2D eigenvalue weighted by molar-refractivity contribution is 5.82. The van der Waals surface area contributed by atoms with Crippen molar-refractivity contribution in [3.63, 3.8) is 0 Å². The van der Waals surface area contributed by atoms with E-state index in [1.807, 2.05) is 0 Å². The van der Waals surface area contributed by atoms with Crippen LogP contribution >= 0.6 is 0 Å². The highest BCUT2D eigenvalue weighted by atomic mass is 16.5. The van der Waals surface area contributed by atoms with Crippen molar-refractivity contribution < 1.29 is 9.53 Å². The van der Waals surface area contributed by atoms with E-state index in [9.17, 15) is 4.79 Å². The van der Waals surface area contributed by atoms with Crippen LogP contribution in [0.2, 0.25) is 0 Å². The van der Waals surface area contributed by atoms with Gasteiger partial charge in [0.15, 0.2) is 5.96 Å². The number of benzene rings is 1. The van der Waals surface area contributed by atoms with Crippen LogP contribution in [0.25, 0.3) is 0 Å². The Morgan fingerprint density at radius 1 is 1.31 bits per heavy atom. The SMILES string of the molecule is CCNC(=NCC1(Cc2ccccc2)CC1)N1CC(C)C(C(=O)OC)C1. The predicted octanol–water partition coefficient (Wildman–Crippen LogP) is 2.72. The Hall–Kier alpha value is -2.04. The Morgan fingerprint density at radius 2 is 2.04 bits per heavy atom. The maximum absolute atomic E-state index is 12.0. The van der Waals surface area contributed by atoms with Crippen molar-refractivity contribution in [2.24, 2.45) is 22.2 Å². The molecule has 0 spiro atoms. The fourth-order valence-electron chi connectivity index (χ4n) is 3.86. The van der Waals surface area contributed by atoms with Crippen LogP contribution in [0, 0.1) is 17.3 Å². The first-order chi connectivity index (χ1) is 12.6. The van der Waals surface area contributed by atoms with Crippen molar-refractivity contribution in [1.82, 2.24) is 10.2 Å². The fourth-order valence-corrected chi connectivity index (χ4v) is 3.86. The molecule has 3 rings (SSSR count). The third kappa shape index (κ3) is 4.37. The Bertz CT molecular complexity index is 640. The summed E-state index contributed by atoms with van der Waals surface area (Å²) in [7, 11) is 1.47. The van der Waals surface area contributed by atoms with E-state index in [1.165, 1.54) is 25.5 Å². The van der Waals surface area contributed by atoms with E-state index < -0.39 is 0 Å². The Balaban J connectivity index is 1.65. The van der Waals surface area contributed by atoms with Gasteiger partial charge < -0.3 is 15.0 Å². The molecule has 0 radical (unpaired) electrons. The van der Waals surface area contributed by atoms with Crippen molar-refractivity contribution >= 4 is 11.9 Å². The summed E-state index contributed by atoms with van der Waals surface area (Å²) in [6, 6.07) is 10.7. The lowest BCUT2D eigenvalue weighted by Gasteiger charge is -2.23. The van der Waals surface area contributed by atoms with Gasteiger partial charge in [-0.3, -0.25) is 9.79 Å². The second-order valence-corrected chi connectivity index (χ2v) is 7.84. The first-order valence-electron chi connectivity index (χ1n) is 9.72. The molecule has 1 aromatic rings. The van der Waals surface area contributed by atoms with Gasteiger partial charge in [0, 0.05) is 26.2 Å². The molecule has 0 amide bonds. The van der Waals surface area contributed by atoms with Gasteiger partial charge in [-0.25, -0.2) is 0 Å². The van der Waals surface area contributed by atoms with Crippen LogP contribution in [-0.4, -0.2) is 50.1 Å². The number of hydrogen-bond acceptors (Lipinski definition) is 3. The minimum absolute atomic E-state index is 0.0666. The second-order valence-electron chi connectivity index (χ2n) is 7.84. The molecule has 1 N–H and O–H groups in total. The minimum atomic E-state index is -0.112. The van der Waals surface area contributed by atoms with Crippen molar-refractivity contribution in [1.29, 1.82) is 0 Å². The van der Waals surface area contributed by atoms with Crippen LogP contribution in [0.1, 0.15) is 32.3 Å². The molecule has 0 aromatic heterocycles. The molecular formula is C21H31N3O2. The molecule has 1 aromatic carbocycles. The van der Waals surface area contributed by atoms with E-state index in [0.717, 1.165) is 32.0 Å². The largest absolute Gasteiger partial charge is 0.469 e. The number of carbonyl (C=O) groups is 1. The summed E-state index contributed by atoms with van der Waals surface area (Å²) in [5, 5.41) is 3.41. The summed E-state index contributed by atoms with van der Waals surface area (Å²) in [6.45, 7) is 7.41. The number of rotatable bonds is 6. The topological polar surface area (TPSA) is 53.9 Å². The number of nitrogens with one attached hydrogen (secondary N) is 1. The van der Waals surface area contributed by atoms with Crippen LogP contribution < -0.4 is 5.32 Å². The third-order valence-corrected chi connectivity index (χ3v) is 5.69. The molecule has 2 unspecified atom stereocenters. The maximum atomic E-state index is 12.0. The molecule has 1 heterocycles. The Labute approximate surface area is 156 Å². The first-order valence-corrected chi connectivity index (χ1v) is 9.72. The number of esters is 1. The van der Waals surface area contributed by atoms with E-state index >= 15 is 0 Å². The minimum Gasteiger partial charge on any atom is -0.469 e. The Kier molecular flexibility index (Phi) is 5.84. The summed E-state index contributed by atoms with van der Waals surface area (Å²) in [6.07, 6.45) is 3.58. The number of aliphatic imine (C=N–C) groups is 1. The van der Waals surface area contributed by atoms with Crippen molar-refractivity contribution in [3.05, 3.63) is 35.9 Å². The summed E-state index contributed by atoms with van der Waals surface area (Å²) in [5.41, 5.74) is 1.71. The summed E-state index contributed by atoms with van der Waals surface area (Å²) >= 11 is 0. The number of ether oxygens (including phenoxy) is 1. The van der Waals surface area contributed by atoms with Crippen LogP contribution in [0.15, 0.2) is 35.3 Å². The number of nitrogens with zero attached hydrogens (tertiary/aromatic N) is 2. The Morgan fingerprint density at radius 3 is 2.65 bits per heavy atom. The fraction of sp³-hybridized carbons (Fsp3) is 0.619. The van der Waals surface area contributed by atoms with Gasteiger partial charge in [0.2, 0.25) is 0 Å². The van der Waals surface area contributed by atoms with E-state index in [-0.39, 0.29) is 17.8 Å². The molecule has 26 heavy (non-hydrogen) atoms. The molecule has 5 heteroatoms. The highest BCUT2D eigenvalue weighted by Crippen LogP contribution is 2.48. The van der Waals surface area contributed by atoms with Crippen molar-refractivity contribution in [2.75, 3.05) is 33.3 Å². The molecule has 1 aliphatic carbocycles. The zero-order valence-electron chi connectivity index (χ0n) is 16.2. The second kappa shape index (κ2) is 8.11. The summed E-state index contributed by atoms with van der Waals surface area (Å²) in [5.74, 6) is 1.04. The van der Waals surface area contributed by atoms with E-state index in [2.05, 4.69) is 54.4 Å².